The Balaban J connectivity index is 1.83. The third-order valence-corrected chi connectivity index (χ3v) is 4.14. The van der Waals surface area contributed by atoms with E-state index in [1.165, 1.54) is 12.1 Å². The van der Waals surface area contributed by atoms with Crippen LogP contribution in [0.5, 0.6) is 0 Å². The zero-order chi connectivity index (χ0) is 16.6. The second-order valence-corrected chi connectivity index (χ2v) is 6.06. The number of halogens is 1. The van der Waals surface area contributed by atoms with Crippen LogP contribution in [0.4, 0.5) is 4.39 Å². The van der Waals surface area contributed by atoms with Gasteiger partial charge in [0.15, 0.2) is 0 Å². The average Bonchev–Trinajstić information content (AvgIpc) is 3.31. The van der Waals surface area contributed by atoms with E-state index in [2.05, 4.69) is 5.32 Å². The molecule has 0 unspecified atom stereocenters. The molecule has 0 saturated heterocycles. The van der Waals surface area contributed by atoms with Gasteiger partial charge in [0.25, 0.3) is 11.5 Å². The minimum atomic E-state index is -0.383. The van der Waals surface area contributed by atoms with Crippen molar-refractivity contribution < 1.29 is 9.18 Å². The molecule has 1 saturated carbocycles. The Morgan fingerprint density at radius 2 is 1.91 bits per heavy atom. The Morgan fingerprint density at radius 1 is 1.26 bits per heavy atom. The first-order chi connectivity index (χ1) is 11.0. The fourth-order valence-corrected chi connectivity index (χ4v) is 2.84. The Hall–Kier alpha value is -2.43. The van der Waals surface area contributed by atoms with Gasteiger partial charge in [-0.15, -0.1) is 0 Å². The van der Waals surface area contributed by atoms with Crippen LogP contribution in [-0.4, -0.2) is 10.5 Å². The van der Waals surface area contributed by atoms with Crippen LogP contribution in [0.1, 0.15) is 46.1 Å². The molecule has 0 spiro atoms. The number of carbonyl (C=O) groups excluding carboxylic acids is 1. The van der Waals surface area contributed by atoms with Gasteiger partial charge >= 0.3 is 0 Å². The molecule has 1 amide bonds. The molecular weight excluding hydrogens is 295 g/mol. The van der Waals surface area contributed by atoms with E-state index in [-0.39, 0.29) is 35.4 Å². The van der Waals surface area contributed by atoms with Crippen molar-refractivity contribution in [2.75, 3.05) is 0 Å². The fourth-order valence-electron chi connectivity index (χ4n) is 2.84. The summed E-state index contributed by atoms with van der Waals surface area (Å²) in [5.41, 5.74) is 2.34. The first-order valence-electron chi connectivity index (χ1n) is 7.72. The second-order valence-electron chi connectivity index (χ2n) is 6.06. The van der Waals surface area contributed by atoms with Gasteiger partial charge in [-0.25, -0.2) is 4.39 Å². The van der Waals surface area contributed by atoms with Gasteiger partial charge in [-0.1, -0.05) is 12.1 Å². The summed E-state index contributed by atoms with van der Waals surface area (Å²) < 4.78 is 14.6. The number of amides is 1. The Kier molecular flexibility index (Phi) is 4.03. The normalized spacial score (nSPS) is 13.9. The Bertz CT molecular complexity index is 805. The van der Waals surface area contributed by atoms with Crippen LogP contribution < -0.4 is 10.9 Å². The molecule has 120 valence electrons. The monoisotopic (exact) mass is 314 g/mol. The summed E-state index contributed by atoms with van der Waals surface area (Å²) in [5.74, 6) is -0.701. The lowest BCUT2D eigenvalue weighted by atomic mass is 10.1. The lowest BCUT2D eigenvalue weighted by molar-refractivity contribution is 0.0948. The summed E-state index contributed by atoms with van der Waals surface area (Å²) in [6, 6.07) is 8.02. The van der Waals surface area contributed by atoms with Gasteiger partial charge in [-0.3, -0.25) is 9.59 Å². The first kappa shape index (κ1) is 15.5. The van der Waals surface area contributed by atoms with Crippen molar-refractivity contribution in [1.82, 2.24) is 9.88 Å². The van der Waals surface area contributed by atoms with Crippen molar-refractivity contribution in [2.24, 2.45) is 0 Å². The molecule has 1 fully saturated rings. The predicted octanol–water partition coefficient (Wildman–Crippen LogP) is 2.87. The molecule has 23 heavy (non-hydrogen) atoms. The average molecular weight is 314 g/mol. The molecule has 1 N–H and O–H groups in total. The van der Waals surface area contributed by atoms with Gasteiger partial charge in [0, 0.05) is 18.3 Å². The van der Waals surface area contributed by atoms with Crippen LogP contribution in [0, 0.1) is 19.7 Å². The smallest absolute Gasteiger partial charge is 0.264 e. The highest BCUT2D eigenvalue weighted by Crippen LogP contribution is 2.34. The quantitative estimate of drug-likeness (QED) is 0.943. The van der Waals surface area contributed by atoms with Crippen molar-refractivity contribution >= 4 is 5.91 Å². The number of benzene rings is 1. The van der Waals surface area contributed by atoms with E-state index in [1.54, 1.807) is 23.6 Å². The zero-order valence-electron chi connectivity index (χ0n) is 13.2. The van der Waals surface area contributed by atoms with E-state index < -0.39 is 0 Å². The summed E-state index contributed by atoms with van der Waals surface area (Å²) in [4.78, 5) is 25.1. The van der Waals surface area contributed by atoms with E-state index in [4.69, 9.17) is 0 Å². The largest absolute Gasteiger partial charge is 0.348 e. The van der Waals surface area contributed by atoms with Crippen molar-refractivity contribution in [3.63, 3.8) is 0 Å². The number of aryl methyl sites for hydroxylation is 2. The summed E-state index contributed by atoms with van der Waals surface area (Å²) >= 11 is 0. The SMILES string of the molecule is Cc1cc(C)n(C2CC2)c(=O)c1C(=O)NCc1ccc(F)cc1. The summed E-state index contributed by atoms with van der Waals surface area (Å²) in [6.07, 6.45) is 1.97. The van der Waals surface area contributed by atoms with Gasteiger partial charge in [-0.05, 0) is 56.0 Å². The maximum atomic E-state index is 12.9. The highest BCUT2D eigenvalue weighted by Gasteiger charge is 2.28. The number of aromatic nitrogens is 1. The fraction of sp³-hybridized carbons (Fsp3) is 0.333. The molecule has 0 bridgehead atoms. The number of pyridine rings is 1. The Labute approximate surface area is 134 Å². The van der Waals surface area contributed by atoms with Crippen LogP contribution >= 0.6 is 0 Å². The molecule has 1 aliphatic rings. The number of nitrogens with zero attached hydrogens (tertiary/aromatic N) is 1. The van der Waals surface area contributed by atoms with E-state index >= 15 is 0 Å². The summed E-state index contributed by atoms with van der Waals surface area (Å²) in [6.45, 7) is 3.93. The third-order valence-electron chi connectivity index (χ3n) is 4.14. The lowest BCUT2D eigenvalue weighted by Gasteiger charge is -2.14. The van der Waals surface area contributed by atoms with Crippen LogP contribution in [0.25, 0.3) is 0 Å². The van der Waals surface area contributed by atoms with Crippen LogP contribution in [0.15, 0.2) is 35.1 Å². The molecular formula is C18H19FN2O2. The molecule has 0 aliphatic heterocycles. The standard InChI is InChI=1S/C18H19FN2O2/c1-11-9-12(2)21(15-7-8-15)18(23)16(11)17(22)20-10-13-3-5-14(19)6-4-13/h3-6,9,15H,7-8,10H2,1-2H3,(H,20,22). The highest BCUT2D eigenvalue weighted by atomic mass is 19.1. The van der Waals surface area contributed by atoms with Crippen LogP contribution in [-0.2, 0) is 6.54 Å². The molecule has 1 aromatic heterocycles. The molecule has 1 aliphatic carbocycles. The number of hydrogen-bond donors (Lipinski definition) is 1. The predicted molar refractivity (Wildman–Crippen MR) is 86.0 cm³/mol. The lowest BCUT2D eigenvalue weighted by Crippen LogP contribution is -2.34. The van der Waals surface area contributed by atoms with E-state index in [1.807, 2.05) is 13.0 Å². The van der Waals surface area contributed by atoms with Gasteiger partial charge in [0.05, 0.1) is 0 Å². The molecule has 3 rings (SSSR count). The zero-order valence-corrected chi connectivity index (χ0v) is 13.2. The van der Waals surface area contributed by atoms with E-state index in [0.717, 1.165) is 24.1 Å². The Morgan fingerprint density at radius 3 is 2.52 bits per heavy atom. The highest BCUT2D eigenvalue weighted by molar-refractivity contribution is 5.95. The summed E-state index contributed by atoms with van der Waals surface area (Å²) in [5, 5.41) is 2.75. The molecule has 2 aromatic rings. The first-order valence-corrected chi connectivity index (χ1v) is 7.72. The minimum absolute atomic E-state index is 0.199. The van der Waals surface area contributed by atoms with Gasteiger partial charge in [-0.2, -0.15) is 0 Å². The summed E-state index contributed by atoms with van der Waals surface area (Å²) in [7, 11) is 0. The van der Waals surface area contributed by atoms with Crippen molar-refractivity contribution in [3.8, 4) is 0 Å². The number of carbonyl (C=O) groups is 1. The second kappa shape index (κ2) is 5.99. The number of rotatable bonds is 4. The molecule has 5 heteroatoms. The van der Waals surface area contributed by atoms with Gasteiger partial charge in [0.2, 0.25) is 0 Å². The molecule has 0 atom stereocenters. The third kappa shape index (κ3) is 3.18. The molecule has 1 aromatic carbocycles. The van der Waals surface area contributed by atoms with E-state index in [9.17, 15) is 14.0 Å². The van der Waals surface area contributed by atoms with Crippen molar-refractivity contribution in [1.29, 1.82) is 0 Å². The molecule has 4 nitrogen and oxygen atoms in total. The molecule has 1 heterocycles. The number of hydrogen-bond acceptors (Lipinski definition) is 2. The molecule has 0 radical (unpaired) electrons. The topological polar surface area (TPSA) is 51.1 Å². The number of nitrogens with one attached hydrogen (secondary N) is 1. The van der Waals surface area contributed by atoms with Gasteiger partial charge < -0.3 is 9.88 Å². The minimum Gasteiger partial charge on any atom is -0.348 e. The van der Waals surface area contributed by atoms with Crippen molar-refractivity contribution in [3.05, 3.63) is 68.9 Å². The van der Waals surface area contributed by atoms with Gasteiger partial charge in [0.1, 0.15) is 11.4 Å². The van der Waals surface area contributed by atoms with Crippen LogP contribution in [0.2, 0.25) is 0 Å². The van der Waals surface area contributed by atoms with Crippen molar-refractivity contribution in [2.45, 2.75) is 39.3 Å². The van der Waals surface area contributed by atoms with Crippen LogP contribution in [0.3, 0.4) is 0 Å². The maximum absolute atomic E-state index is 12.9. The maximum Gasteiger partial charge on any atom is 0.264 e. The van der Waals surface area contributed by atoms with E-state index in [0.29, 0.717) is 5.56 Å².